The van der Waals surface area contributed by atoms with Crippen molar-refractivity contribution in [2.24, 2.45) is 0 Å². The smallest absolute Gasteiger partial charge is 0.255 e. The Bertz CT molecular complexity index is 534. The molecule has 21 heavy (non-hydrogen) atoms. The summed E-state index contributed by atoms with van der Waals surface area (Å²) in [5.74, 6) is 4.36. The molecule has 0 fully saturated rings. The van der Waals surface area contributed by atoms with Gasteiger partial charge in [0.25, 0.3) is 5.91 Å². The van der Waals surface area contributed by atoms with Crippen molar-refractivity contribution in [1.82, 2.24) is 4.90 Å². The zero-order valence-corrected chi connectivity index (χ0v) is 12.4. The second-order valence-electron chi connectivity index (χ2n) is 4.23. The van der Waals surface area contributed by atoms with Gasteiger partial charge in [-0.3, -0.25) is 4.79 Å². The molecule has 0 aromatic heterocycles. The lowest BCUT2D eigenvalue weighted by Gasteiger charge is -2.21. The van der Waals surface area contributed by atoms with Gasteiger partial charge in [-0.1, -0.05) is 11.8 Å². The van der Waals surface area contributed by atoms with Crippen LogP contribution in [0.15, 0.2) is 18.2 Å². The number of ether oxygens (including phenoxy) is 1. The van der Waals surface area contributed by atoms with E-state index in [1.54, 1.807) is 4.90 Å². The van der Waals surface area contributed by atoms with Gasteiger partial charge in [0, 0.05) is 25.3 Å². The number of carbonyl (C=O) groups is 1. The van der Waals surface area contributed by atoms with Crippen molar-refractivity contribution in [3.63, 3.8) is 0 Å². The maximum atomic E-state index is 13.4. The molecule has 1 aromatic carbocycles. The van der Waals surface area contributed by atoms with Crippen molar-refractivity contribution >= 4 is 5.91 Å². The minimum Gasteiger partial charge on any atom is -0.384 e. The lowest BCUT2D eigenvalue weighted by molar-refractivity contribution is 0.0668. The number of hydrogen-bond donors (Lipinski definition) is 1. The number of halogens is 1. The summed E-state index contributed by atoms with van der Waals surface area (Å²) in [6, 6.07) is 3.86. The van der Waals surface area contributed by atoms with Gasteiger partial charge in [-0.15, -0.1) is 0 Å². The summed E-state index contributed by atoms with van der Waals surface area (Å²) in [5, 5.41) is 8.75. The fourth-order valence-electron chi connectivity index (χ4n) is 1.83. The maximum absolute atomic E-state index is 13.4. The Kier molecular flexibility index (Phi) is 7.44. The summed E-state index contributed by atoms with van der Waals surface area (Å²) >= 11 is 0. The second kappa shape index (κ2) is 9.11. The van der Waals surface area contributed by atoms with Crippen LogP contribution in [0.5, 0.6) is 0 Å². The largest absolute Gasteiger partial charge is 0.384 e. The van der Waals surface area contributed by atoms with E-state index in [0.717, 1.165) is 0 Å². The number of benzene rings is 1. The quantitative estimate of drug-likeness (QED) is 0.641. The molecule has 5 heteroatoms. The van der Waals surface area contributed by atoms with Gasteiger partial charge in [0.1, 0.15) is 12.4 Å². The standard InChI is InChI=1S/C16H20FNO3/c1-3-18(9-11-21-4-2)16(20)15-12-14(17)8-7-13(15)6-5-10-19/h7-8,12,19H,3-4,9-11H2,1-2H3. The zero-order chi connectivity index (χ0) is 15.7. The maximum Gasteiger partial charge on any atom is 0.255 e. The molecule has 1 rings (SSSR count). The first-order valence-electron chi connectivity index (χ1n) is 6.90. The summed E-state index contributed by atoms with van der Waals surface area (Å²) in [7, 11) is 0. The van der Waals surface area contributed by atoms with Gasteiger partial charge in [0.2, 0.25) is 0 Å². The SMILES string of the molecule is CCOCCN(CC)C(=O)c1cc(F)ccc1C#CCO. The van der Waals surface area contributed by atoms with E-state index in [2.05, 4.69) is 11.8 Å². The Hall–Kier alpha value is -1.90. The van der Waals surface area contributed by atoms with Crippen LogP contribution < -0.4 is 0 Å². The Morgan fingerprint density at radius 2 is 2.19 bits per heavy atom. The van der Waals surface area contributed by atoms with Crippen molar-refractivity contribution in [1.29, 1.82) is 0 Å². The van der Waals surface area contributed by atoms with Crippen LogP contribution in [-0.2, 0) is 4.74 Å². The highest BCUT2D eigenvalue weighted by Gasteiger charge is 2.17. The van der Waals surface area contributed by atoms with E-state index < -0.39 is 5.82 Å². The first kappa shape index (κ1) is 17.2. The van der Waals surface area contributed by atoms with Gasteiger partial charge in [-0.05, 0) is 32.0 Å². The van der Waals surface area contributed by atoms with Crippen LogP contribution in [0.3, 0.4) is 0 Å². The predicted octanol–water partition coefficient (Wildman–Crippen LogP) is 1.67. The Labute approximate surface area is 124 Å². The Morgan fingerprint density at radius 3 is 2.81 bits per heavy atom. The fourth-order valence-corrected chi connectivity index (χ4v) is 1.83. The van der Waals surface area contributed by atoms with Crippen LogP contribution >= 0.6 is 0 Å². The lowest BCUT2D eigenvalue weighted by atomic mass is 10.1. The molecule has 0 aliphatic carbocycles. The first-order valence-corrected chi connectivity index (χ1v) is 6.90. The molecule has 0 atom stereocenters. The average Bonchev–Trinajstić information content (AvgIpc) is 2.50. The Balaban J connectivity index is 3.00. The van der Waals surface area contributed by atoms with Crippen LogP contribution in [0, 0.1) is 17.7 Å². The van der Waals surface area contributed by atoms with Gasteiger partial charge in [0.05, 0.1) is 12.2 Å². The van der Waals surface area contributed by atoms with Crippen molar-refractivity contribution in [2.75, 3.05) is 32.9 Å². The van der Waals surface area contributed by atoms with E-state index in [1.165, 1.54) is 18.2 Å². The third-order valence-electron chi connectivity index (χ3n) is 2.89. The van der Waals surface area contributed by atoms with E-state index in [0.29, 0.717) is 31.9 Å². The van der Waals surface area contributed by atoms with Crippen molar-refractivity contribution < 1.29 is 19.0 Å². The predicted molar refractivity (Wildman–Crippen MR) is 78.4 cm³/mol. The molecule has 0 spiro atoms. The third kappa shape index (κ3) is 5.18. The van der Waals surface area contributed by atoms with E-state index in [4.69, 9.17) is 9.84 Å². The summed E-state index contributed by atoms with van der Waals surface area (Å²) in [5.41, 5.74) is 0.611. The molecule has 4 nitrogen and oxygen atoms in total. The number of nitrogens with zero attached hydrogens (tertiary/aromatic N) is 1. The molecule has 0 bridgehead atoms. The number of aliphatic hydroxyl groups excluding tert-OH is 1. The lowest BCUT2D eigenvalue weighted by Crippen LogP contribution is -2.34. The zero-order valence-electron chi connectivity index (χ0n) is 12.4. The van der Waals surface area contributed by atoms with Crippen LogP contribution in [0.4, 0.5) is 4.39 Å². The molecule has 0 aliphatic heterocycles. The molecular weight excluding hydrogens is 273 g/mol. The molecule has 1 N–H and O–H groups in total. The third-order valence-corrected chi connectivity index (χ3v) is 2.89. The summed E-state index contributed by atoms with van der Waals surface area (Å²) in [4.78, 5) is 14.1. The minimum atomic E-state index is -0.492. The number of rotatable bonds is 6. The van der Waals surface area contributed by atoms with Crippen LogP contribution in [0.2, 0.25) is 0 Å². The number of carbonyl (C=O) groups excluding carboxylic acids is 1. The monoisotopic (exact) mass is 293 g/mol. The van der Waals surface area contributed by atoms with E-state index >= 15 is 0 Å². The molecule has 0 saturated heterocycles. The highest BCUT2D eigenvalue weighted by atomic mass is 19.1. The summed E-state index contributed by atoms with van der Waals surface area (Å²) in [6.45, 7) is 5.37. The van der Waals surface area contributed by atoms with E-state index in [9.17, 15) is 9.18 Å². The van der Waals surface area contributed by atoms with E-state index in [1.807, 2.05) is 13.8 Å². The highest BCUT2D eigenvalue weighted by Crippen LogP contribution is 2.13. The van der Waals surface area contributed by atoms with Crippen LogP contribution in [0.25, 0.3) is 0 Å². The van der Waals surface area contributed by atoms with E-state index in [-0.39, 0.29) is 18.1 Å². The van der Waals surface area contributed by atoms with Gasteiger partial charge in [0.15, 0.2) is 0 Å². The summed E-state index contributed by atoms with van der Waals surface area (Å²) in [6.07, 6.45) is 0. The minimum absolute atomic E-state index is 0.203. The summed E-state index contributed by atoms with van der Waals surface area (Å²) < 4.78 is 18.7. The van der Waals surface area contributed by atoms with Gasteiger partial charge in [-0.25, -0.2) is 4.39 Å². The Morgan fingerprint density at radius 1 is 1.43 bits per heavy atom. The highest BCUT2D eigenvalue weighted by molar-refractivity contribution is 5.96. The first-order chi connectivity index (χ1) is 10.1. The van der Waals surface area contributed by atoms with Crippen molar-refractivity contribution in [2.45, 2.75) is 13.8 Å². The number of amides is 1. The molecule has 0 aliphatic rings. The fraction of sp³-hybridized carbons (Fsp3) is 0.438. The molecule has 114 valence electrons. The molecule has 0 saturated carbocycles. The topological polar surface area (TPSA) is 49.8 Å². The van der Waals surface area contributed by atoms with Gasteiger partial charge < -0.3 is 14.7 Å². The normalized spacial score (nSPS) is 9.90. The van der Waals surface area contributed by atoms with Crippen molar-refractivity contribution in [3.8, 4) is 11.8 Å². The molecule has 0 radical (unpaired) electrons. The molecular formula is C16H20FNO3. The number of hydrogen-bond acceptors (Lipinski definition) is 3. The second-order valence-corrected chi connectivity index (χ2v) is 4.23. The molecule has 0 unspecified atom stereocenters. The molecule has 1 amide bonds. The number of likely N-dealkylation sites (N-methyl/N-ethyl adjacent to an activating group) is 1. The van der Waals surface area contributed by atoms with Crippen LogP contribution in [-0.4, -0.2) is 48.8 Å². The number of aliphatic hydroxyl groups is 1. The van der Waals surface area contributed by atoms with Crippen LogP contribution in [0.1, 0.15) is 29.8 Å². The molecule has 1 aromatic rings. The van der Waals surface area contributed by atoms with Gasteiger partial charge >= 0.3 is 0 Å². The van der Waals surface area contributed by atoms with Crippen molar-refractivity contribution in [3.05, 3.63) is 35.1 Å². The molecule has 0 heterocycles. The average molecular weight is 293 g/mol. The van der Waals surface area contributed by atoms with Gasteiger partial charge in [-0.2, -0.15) is 0 Å².